The van der Waals surface area contributed by atoms with Crippen molar-refractivity contribution in [3.8, 4) is 0 Å². The van der Waals surface area contributed by atoms with Gasteiger partial charge in [-0.15, -0.1) is 0 Å². The van der Waals surface area contributed by atoms with Crippen LogP contribution < -0.4 is 5.32 Å². The number of nitrogens with one attached hydrogen (secondary N) is 1. The first-order valence-corrected chi connectivity index (χ1v) is 7.65. The van der Waals surface area contributed by atoms with Crippen molar-refractivity contribution in [1.29, 1.82) is 0 Å². The van der Waals surface area contributed by atoms with Gasteiger partial charge in [-0.05, 0) is 45.6 Å². The van der Waals surface area contributed by atoms with Crippen LogP contribution in [0, 0.1) is 0 Å². The minimum absolute atomic E-state index is 0.0750. The monoisotopic (exact) mass is 255 g/mol. The Balaban J connectivity index is 1.88. The smallest absolute Gasteiger partial charge is 0.0830 e. The third kappa shape index (κ3) is 3.25. The molecule has 2 aliphatic rings. The second-order valence-corrected chi connectivity index (χ2v) is 5.88. The average molecular weight is 255 g/mol. The van der Waals surface area contributed by atoms with Crippen molar-refractivity contribution in [1.82, 2.24) is 5.32 Å². The van der Waals surface area contributed by atoms with Gasteiger partial charge in [0.05, 0.1) is 11.7 Å². The summed E-state index contributed by atoms with van der Waals surface area (Å²) in [7, 11) is 3.97. The second kappa shape index (κ2) is 6.88. The summed E-state index contributed by atoms with van der Waals surface area (Å²) in [4.78, 5) is 0. The lowest BCUT2D eigenvalue weighted by Crippen LogP contribution is -2.52. The minimum Gasteiger partial charge on any atom is -0.378 e. The lowest BCUT2D eigenvalue weighted by molar-refractivity contribution is -0.0701. The van der Waals surface area contributed by atoms with Gasteiger partial charge in [-0.1, -0.05) is 19.3 Å². The average Bonchev–Trinajstić information content (AvgIpc) is 2.93. The molecule has 0 aromatic carbocycles. The molecule has 3 heteroatoms. The molecule has 0 aromatic rings. The van der Waals surface area contributed by atoms with E-state index in [9.17, 15) is 0 Å². The Morgan fingerprint density at radius 1 is 1.28 bits per heavy atom. The van der Waals surface area contributed by atoms with E-state index >= 15 is 0 Å². The molecule has 1 saturated heterocycles. The van der Waals surface area contributed by atoms with Gasteiger partial charge in [0.25, 0.3) is 0 Å². The van der Waals surface area contributed by atoms with E-state index in [1.807, 2.05) is 7.11 Å². The Bertz CT molecular complexity index is 233. The fraction of sp³-hybridized carbons (Fsp3) is 1.00. The third-order valence-electron chi connectivity index (χ3n) is 4.89. The number of ether oxygens (including phenoxy) is 2. The standard InChI is InChI=1S/C15H29NO2/c1-16-14(9-8-13-7-6-12-18-13)15(17-2)10-4-3-5-11-15/h13-14,16H,3-12H2,1-2H3. The highest BCUT2D eigenvalue weighted by Gasteiger charge is 2.39. The Hall–Kier alpha value is -0.120. The molecule has 18 heavy (non-hydrogen) atoms. The molecule has 3 nitrogen and oxygen atoms in total. The van der Waals surface area contributed by atoms with Gasteiger partial charge in [-0.2, -0.15) is 0 Å². The van der Waals surface area contributed by atoms with Crippen LogP contribution in [-0.4, -0.2) is 38.5 Å². The van der Waals surface area contributed by atoms with E-state index in [1.165, 1.54) is 57.8 Å². The van der Waals surface area contributed by atoms with E-state index in [-0.39, 0.29) is 5.60 Å². The van der Waals surface area contributed by atoms with Gasteiger partial charge >= 0.3 is 0 Å². The van der Waals surface area contributed by atoms with E-state index in [0.717, 1.165) is 6.61 Å². The summed E-state index contributed by atoms with van der Waals surface area (Å²) in [6, 6.07) is 0.479. The summed E-state index contributed by atoms with van der Waals surface area (Å²) in [5.74, 6) is 0. The highest BCUT2D eigenvalue weighted by atomic mass is 16.5. The van der Waals surface area contributed by atoms with E-state index in [1.54, 1.807) is 0 Å². The van der Waals surface area contributed by atoms with E-state index in [4.69, 9.17) is 9.47 Å². The highest BCUT2D eigenvalue weighted by molar-refractivity contribution is 4.95. The van der Waals surface area contributed by atoms with Crippen molar-refractivity contribution < 1.29 is 9.47 Å². The van der Waals surface area contributed by atoms with Gasteiger partial charge in [0.1, 0.15) is 0 Å². The van der Waals surface area contributed by atoms with E-state index < -0.39 is 0 Å². The van der Waals surface area contributed by atoms with Gasteiger partial charge in [0.15, 0.2) is 0 Å². The predicted molar refractivity (Wildman–Crippen MR) is 73.9 cm³/mol. The zero-order valence-electron chi connectivity index (χ0n) is 12.0. The minimum atomic E-state index is 0.0750. The van der Waals surface area contributed by atoms with Crippen LogP contribution in [0.2, 0.25) is 0 Å². The molecule has 1 heterocycles. The molecule has 1 aliphatic heterocycles. The summed E-state index contributed by atoms with van der Waals surface area (Å²) in [6.45, 7) is 0.963. The first-order valence-electron chi connectivity index (χ1n) is 7.65. The molecule has 2 unspecified atom stereocenters. The third-order valence-corrected chi connectivity index (χ3v) is 4.89. The maximum atomic E-state index is 5.94. The Morgan fingerprint density at radius 3 is 2.61 bits per heavy atom. The van der Waals surface area contributed by atoms with Crippen LogP contribution in [0.25, 0.3) is 0 Å². The molecule has 0 aromatic heterocycles. The molecule has 0 bridgehead atoms. The molecule has 0 amide bonds. The SMILES string of the molecule is CNC(CCC1CCCO1)C1(OC)CCCCC1. The van der Waals surface area contributed by atoms with Crippen LogP contribution in [0.1, 0.15) is 57.8 Å². The maximum absolute atomic E-state index is 5.94. The molecule has 0 spiro atoms. The molecule has 2 rings (SSSR count). The fourth-order valence-electron chi connectivity index (χ4n) is 3.74. The summed E-state index contributed by atoms with van der Waals surface area (Å²) in [5.41, 5.74) is 0.0750. The van der Waals surface area contributed by atoms with Crippen LogP contribution in [-0.2, 0) is 9.47 Å². The Kier molecular flexibility index (Phi) is 5.46. The first-order chi connectivity index (χ1) is 8.80. The van der Waals surface area contributed by atoms with Gasteiger partial charge in [0.2, 0.25) is 0 Å². The van der Waals surface area contributed by atoms with Gasteiger partial charge in [-0.25, -0.2) is 0 Å². The quantitative estimate of drug-likeness (QED) is 0.791. The molecule has 1 saturated carbocycles. The summed E-state index contributed by atoms with van der Waals surface area (Å²) in [5, 5.41) is 3.51. The number of likely N-dealkylation sites (N-methyl/N-ethyl adjacent to an activating group) is 1. The molecule has 2 fully saturated rings. The maximum Gasteiger partial charge on any atom is 0.0830 e. The van der Waals surface area contributed by atoms with Crippen LogP contribution in [0.5, 0.6) is 0 Å². The zero-order chi connectivity index (χ0) is 12.8. The van der Waals surface area contributed by atoms with E-state index in [0.29, 0.717) is 12.1 Å². The van der Waals surface area contributed by atoms with Gasteiger partial charge < -0.3 is 14.8 Å². The molecule has 2 atom stereocenters. The normalized spacial score (nSPS) is 29.3. The van der Waals surface area contributed by atoms with Crippen LogP contribution in [0.4, 0.5) is 0 Å². The molecule has 0 radical (unpaired) electrons. The fourth-order valence-corrected chi connectivity index (χ4v) is 3.74. The van der Waals surface area contributed by atoms with Crippen molar-refractivity contribution in [2.75, 3.05) is 20.8 Å². The topological polar surface area (TPSA) is 30.5 Å². The van der Waals surface area contributed by atoms with Crippen LogP contribution in [0.3, 0.4) is 0 Å². The largest absolute Gasteiger partial charge is 0.378 e. The number of hydrogen-bond acceptors (Lipinski definition) is 3. The van der Waals surface area contributed by atoms with Crippen molar-refractivity contribution in [2.45, 2.75) is 75.5 Å². The number of rotatable bonds is 6. The molecular formula is C15H29NO2. The first kappa shape index (κ1) is 14.3. The summed E-state index contributed by atoms with van der Waals surface area (Å²) < 4.78 is 11.7. The number of hydrogen-bond donors (Lipinski definition) is 1. The predicted octanol–water partition coefficient (Wildman–Crippen LogP) is 2.88. The Labute approximate surface area is 112 Å². The van der Waals surface area contributed by atoms with Crippen molar-refractivity contribution >= 4 is 0 Å². The molecular weight excluding hydrogens is 226 g/mol. The lowest BCUT2D eigenvalue weighted by Gasteiger charge is -2.42. The Morgan fingerprint density at radius 2 is 2.06 bits per heavy atom. The van der Waals surface area contributed by atoms with Gasteiger partial charge in [0, 0.05) is 19.8 Å². The molecule has 106 valence electrons. The molecule has 1 aliphatic carbocycles. The molecule has 1 N–H and O–H groups in total. The zero-order valence-corrected chi connectivity index (χ0v) is 12.0. The van der Waals surface area contributed by atoms with Crippen molar-refractivity contribution in [3.63, 3.8) is 0 Å². The highest BCUT2D eigenvalue weighted by Crippen LogP contribution is 2.36. The number of methoxy groups -OCH3 is 1. The van der Waals surface area contributed by atoms with E-state index in [2.05, 4.69) is 12.4 Å². The summed E-state index contributed by atoms with van der Waals surface area (Å²) in [6.07, 6.45) is 11.7. The van der Waals surface area contributed by atoms with Gasteiger partial charge in [-0.3, -0.25) is 0 Å². The van der Waals surface area contributed by atoms with Crippen molar-refractivity contribution in [3.05, 3.63) is 0 Å². The van der Waals surface area contributed by atoms with Crippen LogP contribution >= 0.6 is 0 Å². The second-order valence-electron chi connectivity index (χ2n) is 5.88. The summed E-state index contributed by atoms with van der Waals surface area (Å²) >= 11 is 0. The van der Waals surface area contributed by atoms with Crippen molar-refractivity contribution in [2.24, 2.45) is 0 Å². The lowest BCUT2D eigenvalue weighted by atomic mass is 9.77. The van der Waals surface area contributed by atoms with Crippen LogP contribution in [0.15, 0.2) is 0 Å².